The minimum atomic E-state index is 0.0180. The van der Waals surface area contributed by atoms with Gasteiger partial charge in [-0.2, -0.15) is 5.26 Å². The number of fused-ring (bicyclic) bond motifs is 1. The molecule has 5 heteroatoms. The molecule has 1 amide bonds. The van der Waals surface area contributed by atoms with E-state index in [9.17, 15) is 4.79 Å². The fraction of sp³-hybridized carbons (Fsp3) is 0.381. The van der Waals surface area contributed by atoms with Crippen LogP contribution in [0.3, 0.4) is 0 Å². The average Bonchev–Trinajstić information content (AvgIpc) is 2.73. The van der Waals surface area contributed by atoms with E-state index in [0.717, 1.165) is 45.4 Å². The van der Waals surface area contributed by atoms with Crippen molar-refractivity contribution in [3.63, 3.8) is 0 Å². The van der Waals surface area contributed by atoms with Crippen molar-refractivity contribution in [2.75, 3.05) is 19.6 Å². The van der Waals surface area contributed by atoms with Gasteiger partial charge in [-0.1, -0.05) is 24.3 Å². The van der Waals surface area contributed by atoms with Crippen LogP contribution in [0.25, 0.3) is 0 Å². The minimum absolute atomic E-state index is 0.0180. The summed E-state index contributed by atoms with van der Waals surface area (Å²) in [6, 6.07) is 14.5. The molecular weight excluding hydrogens is 324 g/mol. The Kier molecular flexibility index (Phi) is 4.68. The van der Waals surface area contributed by atoms with Crippen LogP contribution < -0.4 is 0 Å². The molecule has 0 N–H and O–H groups in total. The summed E-state index contributed by atoms with van der Waals surface area (Å²) in [5.41, 5.74) is 3.82. The third-order valence-electron chi connectivity index (χ3n) is 5.55. The van der Waals surface area contributed by atoms with Crippen LogP contribution in [-0.2, 0) is 13.0 Å². The minimum Gasteiger partial charge on any atom is -0.338 e. The SMILES string of the molecule is N#Cc1ccc(C(=O)N2CCC(N3CCc4ccccc4C3)CC2)cn1. The number of piperidine rings is 1. The average molecular weight is 346 g/mol. The lowest BCUT2D eigenvalue weighted by molar-refractivity contribution is 0.0599. The summed E-state index contributed by atoms with van der Waals surface area (Å²) in [4.78, 5) is 21.1. The zero-order valence-electron chi connectivity index (χ0n) is 14.8. The molecule has 0 unspecified atom stereocenters. The van der Waals surface area contributed by atoms with Gasteiger partial charge in [-0.25, -0.2) is 4.98 Å². The monoisotopic (exact) mass is 346 g/mol. The highest BCUT2D eigenvalue weighted by Gasteiger charge is 2.29. The summed E-state index contributed by atoms with van der Waals surface area (Å²) >= 11 is 0. The van der Waals surface area contributed by atoms with Crippen LogP contribution in [0, 0.1) is 11.3 Å². The quantitative estimate of drug-likeness (QED) is 0.839. The molecule has 0 saturated carbocycles. The predicted octanol–water partition coefficient (Wildman–Crippen LogP) is 2.62. The van der Waals surface area contributed by atoms with Crippen molar-refractivity contribution < 1.29 is 4.79 Å². The van der Waals surface area contributed by atoms with Gasteiger partial charge >= 0.3 is 0 Å². The molecule has 0 spiro atoms. The third-order valence-corrected chi connectivity index (χ3v) is 5.55. The van der Waals surface area contributed by atoms with Gasteiger partial charge in [0.25, 0.3) is 5.91 Å². The zero-order valence-corrected chi connectivity index (χ0v) is 14.8. The molecule has 1 saturated heterocycles. The van der Waals surface area contributed by atoms with E-state index < -0.39 is 0 Å². The molecule has 5 nitrogen and oxygen atoms in total. The second kappa shape index (κ2) is 7.27. The molecule has 2 aromatic rings. The molecule has 0 bridgehead atoms. The van der Waals surface area contributed by atoms with E-state index in [1.54, 1.807) is 12.1 Å². The Morgan fingerprint density at radius 1 is 1.08 bits per heavy atom. The lowest BCUT2D eigenvalue weighted by atomic mass is 9.95. The summed E-state index contributed by atoms with van der Waals surface area (Å²) in [5, 5.41) is 8.82. The van der Waals surface area contributed by atoms with Crippen molar-refractivity contribution >= 4 is 5.91 Å². The van der Waals surface area contributed by atoms with Crippen LogP contribution in [0.1, 0.15) is 40.0 Å². The Hall–Kier alpha value is -2.71. The first-order valence-corrected chi connectivity index (χ1v) is 9.21. The summed E-state index contributed by atoms with van der Waals surface area (Å²) in [7, 11) is 0. The van der Waals surface area contributed by atoms with Crippen molar-refractivity contribution in [3.8, 4) is 6.07 Å². The highest BCUT2D eigenvalue weighted by molar-refractivity contribution is 5.94. The van der Waals surface area contributed by atoms with Gasteiger partial charge in [-0.3, -0.25) is 9.69 Å². The highest BCUT2D eigenvalue weighted by Crippen LogP contribution is 2.25. The van der Waals surface area contributed by atoms with Gasteiger partial charge in [-0.15, -0.1) is 0 Å². The third kappa shape index (κ3) is 3.33. The summed E-state index contributed by atoms with van der Waals surface area (Å²) in [5.74, 6) is 0.0180. The maximum absolute atomic E-state index is 12.6. The summed E-state index contributed by atoms with van der Waals surface area (Å²) in [6.07, 6.45) is 4.65. The zero-order chi connectivity index (χ0) is 17.9. The van der Waals surface area contributed by atoms with Gasteiger partial charge in [0.2, 0.25) is 0 Å². The number of rotatable bonds is 2. The molecule has 2 aliphatic rings. The Morgan fingerprint density at radius 3 is 2.54 bits per heavy atom. The molecule has 0 atom stereocenters. The highest BCUT2D eigenvalue weighted by atomic mass is 16.2. The summed E-state index contributed by atoms with van der Waals surface area (Å²) in [6.45, 7) is 3.69. The van der Waals surface area contributed by atoms with Crippen LogP contribution in [0.5, 0.6) is 0 Å². The Balaban J connectivity index is 1.35. The van der Waals surface area contributed by atoms with Gasteiger partial charge in [-0.05, 0) is 42.5 Å². The first-order valence-electron chi connectivity index (χ1n) is 9.21. The van der Waals surface area contributed by atoms with Crippen LogP contribution in [-0.4, -0.2) is 46.4 Å². The van der Waals surface area contributed by atoms with Crippen molar-refractivity contribution in [1.29, 1.82) is 5.26 Å². The normalized spacial score (nSPS) is 18.2. The Bertz CT molecular complexity index is 832. The fourth-order valence-corrected chi connectivity index (χ4v) is 4.03. The number of pyridine rings is 1. The van der Waals surface area contributed by atoms with E-state index in [-0.39, 0.29) is 5.91 Å². The molecule has 0 radical (unpaired) electrons. The number of nitriles is 1. The number of carbonyl (C=O) groups excluding carboxylic acids is 1. The molecular formula is C21H22N4O. The molecule has 26 heavy (non-hydrogen) atoms. The van der Waals surface area contributed by atoms with E-state index in [2.05, 4.69) is 34.1 Å². The topological polar surface area (TPSA) is 60.2 Å². The van der Waals surface area contributed by atoms with Crippen LogP contribution in [0.15, 0.2) is 42.6 Å². The first-order chi connectivity index (χ1) is 12.7. The molecule has 132 valence electrons. The standard InChI is InChI=1S/C21H22N4O/c22-13-19-6-5-17(14-23-19)21(26)24-11-8-20(9-12-24)25-10-7-16-3-1-2-4-18(16)15-25/h1-6,14,20H,7-12,15H2. The molecule has 1 fully saturated rings. The number of hydrogen-bond acceptors (Lipinski definition) is 4. The van der Waals surface area contributed by atoms with Gasteiger partial charge in [0.15, 0.2) is 0 Å². The number of aromatic nitrogens is 1. The van der Waals surface area contributed by atoms with E-state index in [4.69, 9.17) is 5.26 Å². The molecule has 1 aromatic heterocycles. The Morgan fingerprint density at radius 2 is 1.85 bits per heavy atom. The van der Waals surface area contributed by atoms with Gasteiger partial charge in [0, 0.05) is 38.4 Å². The lowest BCUT2D eigenvalue weighted by Crippen LogP contribution is -2.48. The van der Waals surface area contributed by atoms with E-state index in [1.807, 2.05) is 11.0 Å². The van der Waals surface area contributed by atoms with Crippen LogP contribution in [0.4, 0.5) is 0 Å². The van der Waals surface area contributed by atoms with Gasteiger partial charge < -0.3 is 4.90 Å². The maximum atomic E-state index is 12.6. The smallest absolute Gasteiger partial charge is 0.255 e. The molecule has 4 rings (SSSR count). The van der Waals surface area contributed by atoms with Crippen molar-refractivity contribution in [3.05, 3.63) is 65.0 Å². The number of hydrogen-bond donors (Lipinski definition) is 0. The van der Waals surface area contributed by atoms with Crippen molar-refractivity contribution in [1.82, 2.24) is 14.8 Å². The van der Waals surface area contributed by atoms with E-state index in [0.29, 0.717) is 17.3 Å². The second-order valence-corrected chi connectivity index (χ2v) is 7.06. The first kappa shape index (κ1) is 16.7. The van der Waals surface area contributed by atoms with Crippen LogP contribution in [0.2, 0.25) is 0 Å². The summed E-state index contributed by atoms with van der Waals surface area (Å²) < 4.78 is 0. The van der Waals surface area contributed by atoms with Crippen LogP contribution >= 0.6 is 0 Å². The molecule has 1 aromatic carbocycles. The predicted molar refractivity (Wildman–Crippen MR) is 98.4 cm³/mol. The van der Waals surface area contributed by atoms with Crippen molar-refractivity contribution in [2.24, 2.45) is 0 Å². The van der Waals surface area contributed by atoms with Gasteiger partial charge in [0.1, 0.15) is 11.8 Å². The number of benzene rings is 1. The van der Waals surface area contributed by atoms with E-state index in [1.165, 1.54) is 17.3 Å². The number of carbonyl (C=O) groups is 1. The molecule has 2 aliphatic heterocycles. The number of likely N-dealkylation sites (tertiary alicyclic amines) is 1. The number of nitrogens with zero attached hydrogens (tertiary/aromatic N) is 4. The van der Waals surface area contributed by atoms with E-state index >= 15 is 0 Å². The van der Waals surface area contributed by atoms with Gasteiger partial charge in [0.05, 0.1) is 5.56 Å². The second-order valence-electron chi connectivity index (χ2n) is 7.06. The fourth-order valence-electron chi connectivity index (χ4n) is 4.03. The Labute approximate surface area is 153 Å². The lowest BCUT2D eigenvalue weighted by Gasteiger charge is -2.40. The maximum Gasteiger partial charge on any atom is 0.255 e. The molecule has 3 heterocycles. The number of amides is 1. The van der Waals surface area contributed by atoms with Crippen molar-refractivity contribution in [2.45, 2.75) is 31.8 Å². The largest absolute Gasteiger partial charge is 0.338 e. The molecule has 0 aliphatic carbocycles.